The van der Waals surface area contributed by atoms with Gasteiger partial charge in [-0.1, -0.05) is 55.1 Å². The van der Waals surface area contributed by atoms with Crippen LogP contribution in [-0.2, 0) is 28.8 Å². The largest absolute Gasteiger partial charge is 0.466 e. The van der Waals surface area contributed by atoms with Crippen LogP contribution in [0.3, 0.4) is 0 Å². The molecule has 0 radical (unpaired) electrons. The fraction of sp³-hybridized carbons (Fsp3) is 0.206. The number of fused-ring (bicyclic) bond motifs is 1. The number of alkyl halides is 3. The van der Waals surface area contributed by atoms with Crippen molar-refractivity contribution in [1.82, 2.24) is 19.3 Å². The maximum absolute atomic E-state index is 13.7. The summed E-state index contributed by atoms with van der Waals surface area (Å²) in [6, 6.07) is 15.4. The molecule has 0 saturated heterocycles. The number of benzene rings is 2. The summed E-state index contributed by atoms with van der Waals surface area (Å²) in [5.74, 6) is -0.811. The molecule has 1 N–H and O–H groups in total. The van der Waals surface area contributed by atoms with Gasteiger partial charge >= 0.3 is 17.8 Å². The van der Waals surface area contributed by atoms with Crippen LogP contribution in [0.25, 0.3) is 0 Å². The van der Waals surface area contributed by atoms with Crippen molar-refractivity contribution in [2.24, 2.45) is 0 Å². The number of aryl methyl sites for hydroxylation is 1. The van der Waals surface area contributed by atoms with Gasteiger partial charge < -0.3 is 4.74 Å². The molecule has 4 aromatic rings. The van der Waals surface area contributed by atoms with Crippen LogP contribution in [0.4, 0.5) is 24.8 Å². The summed E-state index contributed by atoms with van der Waals surface area (Å²) < 4.78 is 51.4. The quantitative estimate of drug-likeness (QED) is 0.106. The lowest BCUT2D eigenvalue weighted by Gasteiger charge is -2.36. The number of nitriles is 1. The first-order valence-electron chi connectivity index (χ1n) is 14.5. The number of H-pyrrole nitrogens is 1. The van der Waals surface area contributed by atoms with Crippen LogP contribution >= 0.6 is 0 Å². The smallest absolute Gasteiger partial charge is 0.416 e. The topological polar surface area (TPSA) is 113 Å². The number of hydrogen-bond donors (Lipinski definition) is 1. The number of carbonyl (C=O) groups is 1. The molecule has 0 amide bonds. The van der Waals surface area contributed by atoms with Gasteiger partial charge in [0, 0.05) is 17.8 Å². The zero-order chi connectivity index (χ0) is 33.7. The number of methoxy groups -OCH3 is 1. The molecule has 2 aromatic heterocycles. The number of nitrogens with one attached hydrogen (secondary N) is 1. The van der Waals surface area contributed by atoms with E-state index < -0.39 is 29.4 Å². The molecule has 1 atom stereocenters. The van der Waals surface area contributed by atoms with Crippen molar-refractivity contribution >= 4 is 17.6 Å². The van der Waals surface area contributed by atoms with Crippen molar-refractivity contribution < 1.29 is 27.3 Å². The van der Waals surface area contributed by atoms with Gasteiger partial charge in [0.05, 0.1) is 42.5 Å². The summed E-state index contributed by atoms with van der Waals surface area (Å²) in [6.45, 7) is 6.29. The molecule has 10 nitrogen and oxygen atoms in total. The predicted molar refractivity (Wildman–Crippen MR) is 167 cm³/mol. The van der Waals surface area contributed by atoms with Gasteiger partial charge in [0.2, 0.25) is 12.3 Å². The third-order valence-corrected chi connectivity index (χ3v) is 7.77. The summed E-state index contributed by atoms with van der Waals surface area (Å²) in [5, 5.41) is 16.1. The summed E-state index contributed by atoms with van der Waals surface area (Å²) >= 11 is 0. The number of ether oxygens (including phenoxy) is 1. The number of hydrogen-bond acceptors (Lipinski definition) is 6. The molecule has 0 saturated carbocycles. The van der Waals surface area contributed by atoms with E-state index in [1.807, 2.05) is 64.3 Å². The molecule has 0 spiro atoms. The van der Waals surface area contributed by atoms with E-state index in [1.54, 1.807) is 13.0 Å². The SMILES string of the molecule is C=C/C(C#N)=C\C=C(/CC[n+]1ccn(Cc2ccccc2)c1)[C@@H]1C(C(=O)OC)=C(C)N(c2cccc(C(F)(F)F)c2)c2n[nH]c(=O)n21. The van der Waals surface area contributed by atoms with E-state index in [9.17, 15) is 28.0 Å². The zero-order valence-corrected chi connectivity index (χ0v) is 25.6. The van der Waals surface area contributed by atoms with Gasteiger partial charge in [-0.3, -0.25) is 4.90 Å². The second kappa shape index (κ2) is 13.6. The van der Waals surface area contributed by atoms with Crippen molar-refractivity contribution in [3.05, 3.63) is 142 Å². The standard InChI is InChI=1S/C34H30F3N7O3/c1-4-24(20-38)13-14-26(15-16-41-17-18-42(22-41)21-25-9-6-5-7-10-25)30-29(31(45)47-3)23(2)43(32-39-40-33(46)44(30)32)28-12-8-11-27(19-28)34(35,36)37/h4-14,17-19,22,30H,1,15-16,21H2,2-3H3/p+1/b24-13+,26-14+/t30-/m1/s1. The van der Waals surface area contributed by atoms with E-state index in [0.717, 1.165) is 17.7 Å². The zero-order valence-electron chi connectivity index (χ0n) is 25.6. The van der Waals surface area contributed by atoms with Crippen molar-refractivity contribution in [2.45, 2.75) is 38.7 Å². The van der Waals surface area contributed by atoms with Gasteiger partial charge in [-0.05, 0) is 42.3 Å². The number of anilines is 2. The summed E-state index contributed by atoms with van der Waals surface area (Å²) in [7, 11) is 1.18. The van der Waals surface area contributed by atoms with E-state index in [-0.39, 0.29) is 28.5 Å². The highest BCUT2D eigenvalue weighted by atomic mass is 19.4. The van der Waals surface area contributed by atoms with E-state index in [0.29, 0.717) is 25.1 Å². The minimum atomic E-state index is -4.63. The highest BCUT2D eigenvalue weighted by molar-refractivity contribution is 5.93. The number of esters is 1. The number of aromatic amines is 1. The summed E-state index contributed by atoms with van der Waals surface area (Å²) in [5.41, 5.74) is 0.564. The first kappa shape index (κ1) is 32.5. The number of allylic oxidation sites excluding steroid dienone is 6. The Morgan fingerprint density at radius 3 is 2.64 bits per heavy atom. The third kappa shape index (κ3) is 6.86. The molecule has 13 heteroatoms. The molecule has 5 rings (SSSR count). The fourth-order valence-electron chi connectivity index (χ4n) is 5.51. The van der Waals surface area contributed by atoms with Gasteiger partial charge in [-0.2, -0.15) is 18.4 Å². The molecule has 0 bridgehead atoms. The van der Waals surface area contributed by atoms with Gasteiger partial charge in [-0.15, -0.1) is 5.10 Å². The summed E-state index contributed by atoms with van der Waals surface area (Å²) in [4.78, 5) is 28.2. The molecular weight excluding hydrogens is 611 g/mol. The third-order valence-electron chi connectivity index (χ3n) is 7.77. The molecule has 0 fully saturated rings. The number of halogens is 3. The van der Waals surface area contributed by atoms with Crippen LogP contribution < -0.4 is 15.2 Å². The summed E-state index contributed by atoms with van der Waals surface area (Å²) in [6.07, 6.45) is 5.97. The molecule has 1 aliphatic heterocycles. The fourth-order valence-corrected chi connectivity index (χ4v) is 5.51. The lowest BCUT2D eigenvalue weighted by Crippen LogP contribution is -2.39. The number of rotatable bonds is 10. The normalized spacial score (nSPS) is 15.3. The van der Waals surface area contributed by atoms with Crippen molar-refractivity contribution in [3.63, 3.8) is 0 Å². The molecule has 0 aliphatic carbocycles. The average molecular weight is 643 g/mol. The number of imidazole rings is 1. The number of carbonyl (C=O) groups excluding carboxylic acids is 1. The Kier molecular flexibility index (Phi) is 9.41. The molecule has 0 unspecified atom stereocenters. The molecular formula is C34H31F3N7O3+. The Hall–Kier alpha value is -5.90. The Bertz CT molecular complexity index is 1990. The second-order valence-electron chi connectivity index (χ2n) is 10.7. The molecule has 240 valence electrons. The lowest BCUT2D eigenvalue weighted by atomic mass is 9.91. The minimum absolute atomic E-state index is 0.0179. The maximum Gasteiger partial charge on any atom is 0.416 e. The van der Waals surface area contributed by atoms with Crippen LogP contribution in [0.5, 0.6) is 0 Å². The Morgan fingerprint density at radius 2 is 1.96 bits per heavy atom. The maximum atomic E-state index is 13.7. The van der Waals surface area contributed by atoms with E-state index in [4.69, 9.17) is 4.74 Å². The van der Waals surface area contributed by atoms with Crippen LogP contribution in [0.1, 0.15) is 30.5 Å². The lowest BCUT2D eigenvalue weighted by molar-refractivity contribution is -0.695. The molecule has 2 aromatic carbocycles. The second-order valence-corrected chi connectivity index (χ2v) is 10.7. The number of aromatic nitrogens is 5. The van der Waals surface area contributed by atoms with Gasteiger partial charge in [-0.25, -0.2) is 28.4 Å². The van der Waals surface area contributed by atoms with Crippen LogP contribution in [-0.4, -0.2) is 32.4 Å². The van der Waals surface area contributed by atoms with Crippen molar-refractivity contribution in [2.75, 3.05) is 12.0 Å². The van der Waals surface area contributed by atoms with Crippen LogP contribution in [0.2, 0.25) is 0 Å². The van der Waals surface area contributed by atoms with Crippen LogP contribution in [0.15, 0.2) is 125 Å². The predicted octanol–water partition coefficient (Wildman–Crippen LogP) is 5.52. The Morgan fingerprint density at radius 1 is 1.19 bits per heavy atom. The highest BCUT2D eigenvalue weighted by Crippen LogP contribution is 2.43. The van der Waals surface area contributed by atoms with E-state index >= 15 is 0 Å². The average Bonchev–Trinajstić information content (AvgIpc) is 3.68. The van der Waals surface area contributed by atoms with E-state index in [1.165, 1.54) is 40.9 Å². The molecule has 1 aliphatic rings. The van der Waals surface area contributed by atoms with Gasteiger partial charge in [0.25, 0.3) is 0 Å². The number of nitrogens with zero attached hydrogens (tertiary/aromatic N) is 6. The van der Waals surface area contributed by atoms with E-state index in [2.05, 4.69) is 16.8 Å². The van der Waals surface area contributed by atoms with Gasteiger partial charge in [0.1, 0.15) is 18.9 Å². The highest BCUT2D eigenvalue weighted by Gasteiger charge is 2.41. The first-order valence-corrected chi connectivity index (χ1v) is 14.5. The van der Waals surface area contributed by atoms with Crippen molar-refractivity contribution in [3.8, 4) is 6.07 Å². The van der Waals surface area contributed by atoms with Crippen LogP contribution in [0, 0.1) is 11.3 Å². The minimum Gasteiger partial charge on any atom is -0.466 e. The molecule has 3 heterocycles. The Labute approximate surface area is 268 Å². The Balaban J connectivity index is 1.61. The first-order chi connectivity index (χ1) is 22.5. The molecule has 47 heavy (non-hydrogen) atoms. The van der Waals surface area contributed by atoms with Gasteiger partial charge in [0.15, 0.2) is 0 Å². The van der Waals surface area contributed by atoms with Crippen molar-refractivity contribution in [1.29, 1.82) is 5.26 Å². The monoisotopic (exact) mass is 642 g/mol.